The molecule has 0 spiro atoms. The van der Waals surface area contributed by atoms with E-state index in [0.717, 1.165) is 12.1 Å². The third-order valence-corrected chi connectivity index (χ3v) is 2.94. The van der Waals surface area contributed by atoms with Gasteiger partial charge in [-0.1, -0.05) is 23.2 Å². The number of aromatic nitrogens is 1. The molecular formula is C12H7Cl2FN2O3. The maximum Gasteiger partial charge on any atom is 0.272 e. The molecule has 0 bridgehead atoms. The number of benzene rings is 1. The molecule has 0 aliphatic rings. The van der Waals surface area contributed by atoms with Crippen LogP contribution in [0.4, 0.5) is 10.1 Å². The van der Waals surface area contributed by atoms with Crippen LogP contribution in [-0.2, 0) is 6.61 Å². The van der Waals surface area contributed by atoms with E-state index >= 15 is 0 Å². The summed E-state index contributed by atoms with van der Waals surface area (Å²) in [5.74, 6) is -0.932. The van der Waals surface area contributed by atoms with Gasteiger partial charge in [0.25, 0.3) is 5.69 Å². The quantitative estimate of drug-likeness (QED) is 0.485. The van der Waals surface area contributed by atoms with E-state index in [1.54, 1.807) is 6.07 Å². The minimum Gasteiger partial charge on any atom is -0.486 e. The zero-order chi connectivity index (χ0) is 14.7. The van der Waals surface area contributed by atoms with E-state index < -0.39 is 10.7 Å². The summed E-state index contributed by atoms with van der Waals surface area (Å²) < 4.78 is 18.8. The van der Waals surface area contributed by atoms with Crippen LogP contribution in [0.3, 0.4) is 0 Å². The molecule has 0 fully saturated rings. The Morgan fingerprint density at radius 3 is 2.65 bits per heavy atom. The summed E-state index contributed by atoms with van der Waals surface area (Å²) >= 11 is 11.5. The minimum atomic E-state index is -0.822. The lowest BCUT2D eigenvalue weighted by Crippen LogP contribution is -2.00. The number of pyridine rings is 1. The van der Waals surface area contributed by atoms with Crippen LogP contribution in [0.1, 0.15) is 5.56 Å². The maximum atomic E-state index is 13.6. The lowest BCUT2D eigenvalue weighted by Gasteiger charge is -2.08. The Labute approximate surface area is 123 Å². The van der Waals surface area contributed by atoms with Gasteiger partial charge in [-0.25, -0.2) is 9.37 Å². The van der Waals surface area contributed by atoms with Crippen LogP contribution < -0.4 is 4.74 Å². The van der Waals surface area contributed by atoms with Gasteiger partial charge < -0.3 is 4.74 Å². The Bertz CT molecular complexity index is 667. The first-order chi connectivity index (χ1) is 9.47. The van der Waals surface area contributed by atoms with E-state index in [1.807, 2.05) is 0 Å². The molecule has 1 aromatic carbocycles. The van der Waals surface area contributed by atoms with Gasteiger partial charge in [0.2, 0.25) is 0 Å². The second kappa shape index (κ2) is 6.02. The molecule has 20 heavy (non-hydrogen) atoms. The third-order valence-electron chi connectivity index (χ3n) is 2.40. The van der Waals surface area contributed by atoms with E-state index in [4.69, 9.17) is 27.9 Å². The molecule has 0 saturated heterocycles. The van der Waals surface area contributed by atoms with Crippen LogP contribution in [0.5, 0.6) is 5.75 Å². The molecule has 0 aliphatic heterocycles. The second-order valence-corrected chi connectivity index (χ2v) is 4.49. The minimum absolute atomic E-state index is 0.0300. The summed E-state index contributed by atoms with van der Waals surface area (Å²) in [7, 11) is 0. The van der Waals surface area contributed by atoms with Gasteiger partial charge >= 0.3 is 0 Å². The molecular weight excluding hydrogens is 310 g/mol. The predicted octanol–water partition coefficient (Wildman–Crippen LogP) is 4.01. The molecule has 2 rings (SSSR count). The monoisotopic (exact) mass is 316 g/mol. The highest BCUT2D eigenvalue weighted by molar-refractivity contribution is 6.32. The number of nitro benzene ring substituents is 1. The molecule has 5 nitrogen and oxygen atoms in total. The fourth-order valence-corrected chi connectivity index (χ4v) is 1.82. The van der Waals surface area contributed by atoms with Gasteiger partial charge in [-0.3, -0.25) is 10.1 Å². The summed E-state index contributed by atoms with van der Waals surface area (Å²) in [6.45, 7) is -0.0300. The molecule has 104 valence electrons. The van der Waals surface area contributed by atoms with E-state index in [0.29, 0.717) is 5.56 Å². The number of ether oxygens (including phenoxy) is 1. The second-order valence-electron chi connectivity index (χ2n) is 3.74. The van der Waals surface area contributed by atoms with Crippen molar-refractivity contribution in [2.24, 2.45) is 0 Å². The van der Waals surface area contributed by atoms with Crippen molar-refractivity contribution in [3.8, 4) is 5.75 Å². The molecule has 0 atom stereocenters. The number of hydrogen-bond acceptors (Lipinski definition) is 4. The Morgan fingerprint density at radius 1 is 1.30 bits per heavy atom. The topological polar surface area (TPSA) is 65.3 Å². The Morgan fingerprint density at radius 2 is 2.05 bits per heavy atom. The lowest BCUT2D eigenvalue weighted by atomic mass is 10.3. The van der Waals surface area contributed by atoms with E-state index in [9.17, 15) is 14.5 Å². The van der Waals surface area contributed by atoms with E-state index in [2.05, 4.69) is 4.98 Å². The molecule has 0 N–H and O–H groups in total. The number of non-ortho nitro benzene ring substituents is 1. The van der Waals surface area contributed by atoms with Crippen LogP contribution >= 0.6 is 23.2 Å². The highest BCUT2D eigenvalue weighted by Gasteiger charge is 2.12. The molecule has 0 radical (unpaired) electrons. The SMILES string of the molecule is O=[N+]([O-])c1ccc(OCc2ccc(Cl)nc2Cl)c(F)c1. The van der Waals surface area contributed by atoms with Gasteiger partial charge in [-0.2, -0.15) is 0 Å². The zero-order valence-electron chi connectivity index (χ0n) is 9.85. The normalized spacial score (nSPS) is 10.3. The molecule has 8 heteroatoms. The summed E-state index contributed by atoms with van der Waals surface area (Å²) in [6, 6.07) is 6.25. The van der Waals surface area contributed by atoms with Crippen LogP contribution in [0, 0.1) is 15.9 Å². The largest absolute Gasteiger partial charge is 0.486 e. The molecule has 1 aromatic heterocycles. The summed E-state index contributed by atoms with van der Waals surface area (Å²) in [5, 5.41) is 10.9. The van der Waals surface area contributed by atoms with Crippen LogP contribution in [0.2, 0.25) is 10.3 Å². The number of hydrogen-bond donors (Lipinski definition) is 0. The first kappa shape index (κ1) is 14.5. The number of nitro groups is 1. The molecule has 2 aromatic rings. The Balaban J connectivity index is 2.13. The molecule has 0 amide bonds. The first-order valence-electron chi connectivity index (χ1n) is 5.35. The van der Waals surface area contributed by atoms with Crippen molar-refractivity contribution in [1.29, 1.82) is 0 Å². The van der Waals surface area contributed by atoms with E-state index in [1.165, 1.54) is 12.1 Å². The summed E-state index contributed by atoms with van der Waals surface area (Å²) in [6.07, 6.45) is 0. The van der Waals surface area contributed by atoms with Crippen LogP contribution in [0.15, 0.2) is 30.3 Å². The maximum absolute atomic E-state index is 13.6. The fraction of sp³-hybridized carbons (Fsp3) is 0.0833. The van der Waals surface area contributed by atoms with Gasteiger partial charge in [0.05, 0.1) is 11.0 Å². The molecule has 0 unspecified atom stereocenters. The average molecular weight is 317 g/mol. The Hall–Kier alpha value is -1.92. The third kappa shape index (κ3) is 3.34. The number of rotatable bonds is 4. The number of halogens is 3. The zero-order valence-corrected chi connectivity index (χ0v) is 11.4. The van der Waals surface area contributed by atoms with Crippen molar-refractivity contribution in [2.75, 3.05) is 0 Å². The van der Waals surface area contributed by atoms with Crippen molar-refractivity contribution in [1.82, 2.24) is 4.98 Å². The van der Waals surface area contributed by atoms with Gasteiger partial charge in [-0.15, -0.1) is 0 Å². The van der Waals surface area contributed by atoms with Gasteiger partial charge in [0.15, 0.2) is 11.6 Å². The standard InChI is InChI=1S/C12H7Cl2FN2O3/c13-11-4-1-7(12(14)16-11)6-20-10-3-2-8(17(18)19)5-9(10)15/h1-5H,6H2. The molecule has 0 aliphatic carbocycles. The van der Waals surface area contributed by atoms with Crippen molar-refractivity contribution in [3.05, 3.63) is 62.1 Å². The van der Waals surface area contributed by atoms with Crippen molar-refractivity contribution >= 4 is 28.9 Å². The fourth-order valence-electron chi connectivity index (χ4n) is 1.42. The summed E-state index contributed by atoms with van der Waals surface area (Å²) in [4.78, 5) is 13.6. The lowest BCUT2D eigenvalue weighted by molar-refractivity contribution is -0.385. The summed E-state index contributed by atoms with van der Waals surface area (Å²) in [5.41, 5.74) is 0.176. The van der Waals surface area contributed by atoms with Crippen molar-refractivity contribution in [2.45, 2.75) is 6.61 Å². The first-order valence-corrected chi connectivity index (χ1v) is 6.10. The van der Waals surface area contributed by atoms with Crippen LogP contribution in [0.25, 0.3) is 0 Å². The predicted molar refractivity (Wildman–Crippen MR) is 71.6 cm³/mol. The van der Waals surface area contributed by atoms with Gasteiger partial charge in [-0.05, 0) is 18.2 Å². The highest BCUT2D eigenvalue weighted by atomic mass is 35.5. The van der Waals surface area contributed by atoms with Crippen LogP contribution in [-0.4, -0.2) is 9.91 Å². The van der Waals surface area contributed by atoms with Gasteiger partial charge in [0, 0.05) is 11.6 Å². The molecule has 1 heterocycles. The average Bonchev–Trinajstić information content (AvgIpc) is 2.38. The van der Waals surface area contributed by atoms with Gasteiger partial charge in [0.1, 0.15) is 16.9 Å². The molecule has 0 saturated carbocycles. The van der Waals surface area contributed by atoms with Crippen molar-refractivity contribution < 1.29 is 14.1 Å². The number of nitrogens with zero attached hydrogens (tertiary/aromatic N) is 2. The van der Waals surface area contributed by atoms with E-state index in [-0.39, 0.29) is 28.3 Å². The van der Waals surface area contributed by atoms with Crippen molar-refractivity contribution in [3.63, 3.8) is 0 Å². The highest BCUT2D eigenvalue weighted by Crippen LogP contribution is 2.24. The smallest absolute Gasteiger partial charge is 0.272 e. The Kier molecular flexibility index (Phi) is 4.36.